The molecule has 0 amide bonds. The van der Waals surface area contributed by atoms with Crippen LogP contribution in [-0.4, -0.2) is 48.3 Å². The van der Waals surface area contributed by atoms with Gasteiger partial charge in [0.1, 0.15) is 4.90 Å². The van der Waals surface area contributed by atoms with E-state index >= 15 is 0 Å². The van der Waals surface area contributed by atoms with Crippen LogP contribution in [0.1, 0.15) is 26.7 Å². The first kappa shape index (κ1) is 15.5. The van der Waals surface area contributed by atoms with Crippen molar-refractivity contribution in [2.75, 3.05) is 19.7 Å². The third kappa shape index (κ3) is 3.59. The van der Waals surface area contributed by atoms with Gasteiger partial charge >= 0.3 is 0 Å². The van der Waals surface area contributed by atoms with Gasteiger partial charge in [-0.25, -0.2) is 8.42 Å². The van der Waals surface area contributed by atoms with Gasteiger partial charge < -0.3 is 4.74 Å². The predicted molar refractivity (Wildman–Crippen MR) is 75.8 cm³/mol. The van der Waals surface area contributed by atoms with Crippen LogP contribution in [0.4, 0.5) is 0 Å². The molecule has 0 saturated carbocycles. The van der Waals surface area contributed by atoms with Gasteiger partial charge in [-0.3, -0.25) is 4.68 Å². The molecule has 0 bridgehead atoms. The summed E-state index contributed by atoms with van der Waals surface area (Å²) in [6.07, 6.45) is 4.63. The lowest BCUT2D eigenvalue weighted by molar-refractivity contribution is 0.00749. The number of rotatable bonds is 5. The van der Waals surface area contributed by atoms with E-state index in [1.807, 2.05) is 0 Å². The van der Waals surface area contributed by atoms with Crippen LogP contribution in [0.5, 0.6) is 0 Å². The number of aryl methyl sites for hydroxylation is 1. The summed E-state index contributed by atoms with van der Waals surface area (Å²) in [5.74, 6) is 0.507. The molecule has 2 rings (SSSR count). The summed E-state index contributed by atoms with van der Waals surface area (Å²) in [7, 11) is -1.69. The lowest BCUT2D eigenvalue weighted by atomic mass is 10.1. The van der Waals surface area contributed by atoms with Crippen LogP contribution in [0.25, 0.3) is 0 Å². The summed E-state index contributed by atoms with van der Waals surface area (Å²) in [4.78, 5) is 0.265. The average molecular weight is 301 g/mol. The monoisotopic (exact) mass is 301 g/mol. The fourth-order valence-electron chi connectivity index (χ4n) is 2.25. The second-order valence-electron chi connectivity index (χ2n) is 5.68. The van der Waals surface area contributed by atoms with Gasteiger partial charge in [0.05, 0.1) is 12.3 Å². The summed E-state index contributed by atoms with van der Waals surface area (Å²) < 4.78 is 33.6. The van der Waals surface area contributed by atoms with Gasteiger partial charge in [0, 0.05) is 32.9 Å². The molecular weight excluding hydrogens is 278 g/mol. The standard InChI is InChI=1S/C13H23N3O3S/c1-11(2)10-19-12-4-6-16(7-5-12)20(17,18)13-8-14-15(3)9-13/h8-9,11-12H,4-7,10H2,1-3H3. The summed E-state index contributed by atoms with van der Waals surface area (Å²) in [6, 6.07) is 0. The fourth-order valence-corrected chi connectivity index (χ4v) is 3.70. The molecule has 114 valence electrons. The molecule has 6 nitrogen and oxygen atoms in total. The van der Waals surface area contributed by atoms with E-state index in [1.165, 1.54) is 21.4 Å². The molecule has 0 aromatic carbocycles. The van der Waals surface area contributed by atoms with E-state index in [4.69, 9.17) is 4.74 Å². The van der Waals surface area contributed by atoms with E-state index in [2.05, 4.69) is 18.9 Å². The number of ether oxygens (including phenoxy) is 1. The first-order valence-electron chi connectivity index (χ1n) is 7.00. The molecule has 0 aliphatic carbocycles. The van der Waals surface area contributed by atoms with Gasteiger partial charge in [0.15, 0.2) is 0 Å². The van der Waals surface area contributed by atoms with Crippen LogP contribution < -0.4 is 0 Å². The first-order chi connectivity index (χ1) is 9.39. The second kappa shape index (κ2) is 6.24. The maximum absolute atomic E-state index is 12.4. The minimum absolute atomic E-state index is 0.178. The van der Waals surface area contributed by atoms with Crippen LogP contribution in [0.15, 0.2) is 17.3 Å². The van der Waals surface area contributed by atoms with E-state index in [0.29, 0.717) is 19.0 Å². The van der Waals surface area contributed by atoms with Crippen molar-refractivity contribution in [3.63, 3.8) is 0 Å². The Bertz CT molecular complexity index is 531. The fraction of sp³-hybridized carbons (Fsp3) is 0.769. The van der Waals surface area contributed by atoms with Crippen LogP contribution in [-0.2, 0) is 21.8 Å². The molecule has 20 heavy (non-hydrogen) atoms. The van der Waals surface area contributed by atoms with E-state index in [-0.39, 0.29) is 11.0 Å². The number of sulfonamides is 1. The van der Waals surface area contributed by atoms with Gasteiger partial charge in [-0.1, -0.05) is 13.8 Å². The largest absolute Gasteiger partial charge is 0.378 e. The molecule has 0 N–H and O–H groups in total. The molecule has 2 heterocycles. The quantitative estimate of drug-likeness (QED) is 0.821. The number of nitrogens with zero attached hydrogens (tertiary/aromatic N) is 3. The van der Waals surface area contributed by atoms with E-state index in [1.54, 1.807) is 7.05 Å². The summed E-state index contributed by atoms with van der Waals surface area (Å²) in [5.41, 5.74) is 0. The average Bonchev–Trinajstić information content (AvgIpc) is 2.84. The van der Waals surface area contributed by atoms with Crippen molar-refractivity contribution in [2.45, 2.75) is 37.7 Å². The van der Waals surface area contributed by atoms with Gasteiger partial charge in [0.2, 0.25) is 10.0 Å². The van der Waals surface area contributed by atoms with Crippen LogP contribution in [0, 0.1) is 5.92 Å². The highest BCUT2D eigenvalue weighted by atomic mass is 32.2. The summed E-state index contributed by atoms with van der Waals surface area (Å²) >= 11 is 0. The minimum Gasteiger partial charge on any atom is -0.378 e. The van der Waals surface area contributed by atoms with Crippen LogP contribution >= 0.6 is 0 Å². The third-order valence-electron chi connectivity index (χ3n) is 3.39. The normalized spacial score (nSPS) is 18.8. The van der Waals surface area contributed by atoms with Gasteiger partial charge in [-0.05, 0) is 18.8 Å². The van der Waals surface area contributed by atoms with E-state index < -0.39 is 10.0 Å². The van der Waals surface area contributed by atoms with E-state index in [0.717, 1.165) is 19.4 Å². The zero-order valence-corrected chi connectivity index (χ0v) is 13.1. The SMILES string of the molecule is CC(C)COC1CCN(S(=O)(=O)c2cnn(C)c2)CC1. The Morgan fingerprint density at radius 2 is 2.05 bits per heavy atom. The molecule has 1 saturated heterocycles. The molecule has 1 fully saturated rings. The van der Waals surface area contributed by atoms with Crippen LogP contribution in [0.2, 0.25) is 0 Å². The van der Waals surface area contributed by atoms with E-state index in [9.17, 15) is 8.42 Å². The highest BCUT2D eigenvalue weighted by Crippen LogP contribution is 2.21. The Hall–Kier alpha value is -0.920. The predicted octanol–water partition coefficient (Wildman–Crippen LogP) is 1.25. The molecule has 1 aliphatic heterocycles. The van der Waals surface area contributed by atoms with Crippen molar-refractivity contribution in [3.8, 4) is 0 Å². The van der Waals surface area contributed by atoms with Crippen molar-refractivity contribution in [1.82, 2.24) is 14.1 Å². The maximum atomic E-state index is 12.4. The number of hydrogen-bond donors (Lipinski definition) is 0. The molecule has 1 aromatic rings. The summed E-state index contributed by atoms with van der Waals surface area (Å²) in [6.45, 7) is 5.99. The third-order valence-corrected chi connectivity index (χ3v) is 5.24. The zero-order valence-electron chi connectivity index (χ0n) is 12.3. The molecule has 0 radical (unpaired) electrons. The van der Waals surface area contributed by atoms with Crippen molar-refractivity contribution in [1.29, 1.82) is 0 Å². The zero-order chi connectivity index (χ0) is 14.8. The Morgan fingerprint density at radius 1 is 1.40 bits per heavy atom. The lowest BCUT2D eigenvalue weighted by Crippen LogP contribution is -2.41. The van der Waals surface area contributed by atoms with Crippen molar-refractivity contribution in [3.05, 3.63) is 12.4 Å². The Labute approximate surface area is 120 Å². The van der Waals surface area contributed by atoms with Crippen molar-refractivity contribution < 1.29 is 13.2 Å². The molecule has 7 heteroatoms. The molecule has 0 unspecified atom stereocenters. The molecule has 0 atom stereocenters. The molecule has 0 spiro atoms. The molecule has 1 aromatic heterocycles. The van der Waals surface area contributed by atoms with Crippen molar-refractivity contribution >= 4 is 10.0 Å². The first-order valence-corrected chi connectivity index (χ1v) is 8.44. The van der Waals surface area contributed by atoms with Gasteiger partial charge in [-0.2, -0.15) is 9.40 Å². The minimum atomic E-state index is -3.40. The Kier molecular flexibility index (Phi) is 4.82. The summed E-state index contributed by atoms with van der Waals surface area (Å²) in [5, 5.41) is 3.93. The smallest absolute Gasteiger partial charge is 0.246 e. The Balaban J connectivity index is 1.93. The van der Waals surface area contributed by atoms with Crippen molar-refractivity contribution in [2.24, 2.45) is 13.0 Å². The highest BCUT2D eigenvalue weighted by molar-refractivity contribution is 7.89. The molecule has 1 aliphatic rings. The van der Waals surface area contributed by atoms with Gasteiger partial charge in [0.25, 0.3) is 0 Å². The maximum Gasteiger partial charge on any atom is 0.246 e. The topological polar surface area (TPSA) is 64.4 Å². The number of aromatic nitrogens is 2. The van der Waals surface area contributed by atoms with Gasteiger partial charge in [-0.15, -0.1) is 0 Å². The second-order valence-corrected chi connectivity index (χ2v) is 7.62. The molecular formula is C13H23N3O3S. The number of piperidine rings is 1. The number of hydrogen-bond acceptors (Lipinski definition) is 4. The highest BCUT2D eigenvalue weighted by Gasteiger charge is 2.30. The Morgan fingerprint density at radius 3 is 2.55 bits per heavy atom. The lowest BCUT2D eigenvalue weighted by Gasteiger charge is -2.31. The van der Waals surface area contributed by atoms with Crippen LogP contribution in [0.3, 0.4) is 0 Å².